The topological polar surface area (TPSA) is 74.4 Å². The summed E-state index contributed by atoms with van der Waals surface area (Å²) in [6, 6.07) is 9.52. The van der Waals surface area contributed by atoms with E-state index in [0.29, 0.717) is 6.54 Å². The highest BCUT2D eigenvalue weighted by Crippen LogP contribution is 2.25. The lowest BCUT2D eigenvalue weighted by Gasteiger charge is -2.08. The highest BCUT2D eigenvalue weighted by Gasteiger charge is 2.13. The van der Waals surface area contributed by atoms with E-state index in [1.54, 1.807) is 18.3 Å². The molecule has 0 spiro atoms. The van der Waals surface area contributed by atoms with Crippen LogP contribution in [-0.2, 0) is 6.54 Å². The van der Waals surface area contributed by atoms with E-state index in [1.807, 2.05) is 13.0 Å². The summed E-state index contributed by atoms with van der Waals surface area (Å²) in [6.07, 6.45) is 1.68. The van der Waals surface area contributed by atoms with Crippen molar-refractivity contribution in [3.05, 3.63) is 68.6 Å². The predicted octanol–water partition coefficient (Wildman–Crippen LogP) is 2.14. The molecule has 104 valence electrons. The van der Waals surface area contributed by atoms with Crippen molar-refractivity contribution in [2.24, 2.45) is 0 Å². The molecule has 0 aliphatic heterocycles. The summed E-state index contributed by atoms with van der Waals surface area (Å²) in [5.74, 6) is 0.206. The quantitative estimate of drug-likeness (QED) is 0.618. The molecule has 2 aromatic rings. The van der Waals surface area contributed by atoms with Crippen LogP contribution in [0.15, 0.2) is 47.4 Å². The summed E-state index contributed by atoms with van der Waals surface area (Å²) in [5.41, 5.74) is 0.700. The van der Waals surface area contributed by atoms with E-state index in [-0.39, 0.29) is 23.6 Å². The molecule has 0 saturated heterocycles. The van der Waals surface area contributed by atoms with Gasteiger partial charge in [0.25, 0.3) is 5.56 Å². The van der Waals surface area contributed by atoms with Crippen molar-refractivity contribution in [3.63, 3.8) is 0 Å². The molecule has 0 aliphatic carbocycles. The number of hydrogen-bond donors (Lipinski definition) is 0. The number of aromatic nitrogens is 1. The maximum Gasteiger partial charge on any atom is 0.310 e. The van der Waals surface area contributed by atoms with E-state index < -0.39 is 4.92 Å². The Balaban J connectivity index is 2.03. The van der Waals surface area contributed by atoms with Crippen LogP contribution < -0.4 is 10.3 Å². The molecule has 0 fully saturated rings. The molecular formula is C14H14N2O4. The number of aryl methyl sites for hydroxylation is 1. The highest BCUT2D eigenvalue weighted by molar-refractivity contribution is 5.45. The summed E-state index contributed by atoms with van der Waals surface area (Å²) in [6.45, 7) is 2.37. The minimum atomic E-state index is -0.493. The van der Waals surface area contributed by atoms with Gasteiger partial charge in [-0.1, -0.05) is 12.1 Å². The second-order valence-electron chi connectivity index (χ2n) is 4.31. The van der Waals surface area contributed by atoms with Gasteiger partial charge >= 0.3 is 5.69 Å². The van der Waals surface area contributed by atoms with Gasteiger partial charge < -0.3 is 9.30 Å². The third-order valence-electron chi connectivity index (χ3n) is 2.80. The van der Waals surface area contributed by atoms with Crippen LogP contribution in [0.3, 0.4) is 0 Å². The number of benzene rings is 1. The molecule has 0 aliphatic rings. The molecule has 0 unspecified atom stereocenters. The predicted molar refractivity (Wildman–Crippen MR) is 74.0 cm³/mol. The van der Waals surface area contributed by atoms with Crippen LogP contribution in [0.4, 0.5) is 5.69 Å². The van der Waals surface area contributed by atoms with Gasteiger partial charge in [0.1, 0.15) is 6.61 Å². The second kappa shape index (κ2) is 6.01. The summed E-state index contributed by atoms with van der Waals surface area (Å²) >= 11 is 0. The van der Waals surface area contributed by atoms with Gasteiger partial charge in [0.15, 0.2) is 5.75 Å². The molecular weight excluding hydrogens is 260 g/mol. The Bertz CT molecular complexity index is 679. The molecule has 0 bridgehead atoms. The normalized spacial score (nSPS) is 10.2. The Kier molecular flexibility index (Phi) is 4.14. The maximum absolute atomic E-state index is 11.7. The molecule has 0 radical (unpaired) electrons. The van der Waals surface area contributed by atoms with Gasteiger partial charge in [-0.3, -0.25) is 14.9 Å². The van der Waals surface area contributed by atoms with Crippen molar-refractivity contribution in [3.8, 4) is 5.75 Å². The standard InChI is InChI=1S/C14H14N2O4/c1-11-6-7-15(14(17)10-11)8-9-20-13-5-3-2-4-12(13)16(18)19/h2-7,10H,8-9H2,1H3. The molecule has 1 aromatic carbocycles. The van der Waals surface area contributed by atoms with E-state index in [4.69, 9.17) is 4.74 Å². The lowest BCUT2D eigenvalue weighted by molar-refractivity contribution is -0.385. The first-order chi connectivity index (χ1) is 9.58. The van der Waals surface area contributed by atoms with Crippen LogP contribution in [0.1, 0.15) is 5.56 Å². The van der Waals surface area contributed by atoms with Gasteiger partial charge in [-0.2, -0.15) is 0 Å². The van der Waals surface area contributed by atoms with Crippen molar-refractivity contribution >= 4 is 5.69 Å². The molecule has 6 nitrogen and oxygen atoms in total. The lowest BCUT2D eigenvalue weighted by Crippen LogP contribution is -2.22. The van der Waals surface area contributed by atoms with Crippen LogP contribution in [0.5, 0.6) is 5.75 Å². The molecule has 0 atom stereocenters. The van der Waals surface area contributed by atoms with Crippen LogP contribution >= 0.6 is 0 Å². The van der Waals surface area contributed by atoms with E-state index in [0.717, 1.165) is 5.56 Å². The Morgan fingerprint density at radius 3 is 2.75 bits per heavy atom. The molecule has 0 saturated carbocycles. The summed E-state index contributed by atoms with van der Waals surface area (Å²) in [7, 11) is 0. The van der Waals surface area contributed by atoms with Gasteiger partial charge in [-0.15, -0.1) is 0 Å². The number of hydrogen-bond acceptors (Lipinski definition) is 4. The monoisotopic (exact) mass is 274 g/mol. The Hall–Kier alpha value is -2.63. The first kappa shape index (κ1) is 13.8. The highest BCUT2D eigenvalue weighted by atomic mass is 16.6. The van der Waals surface area contributed by atoms with Crippen molar-refractivity contribution in [2.75, 3.05) is 6.61 Å². The molecule has 0 N–H and O–H groups in total. The fourth-order valence-electron chi connectivity index (χ4n) is 1.78. The van der Waals surface area contributed by atoms with Gasteiger partial charge in [0, 0.05) is 18.3 Å². The Labute approximate surface area is 115 Å². The first-order valence-electron chi connectivity index (χ1n) is 6.11. The lowest BCUT2D eigenvalue weighted by atomic mass is 10.3. The van der Waals surface area contributed by atoms with Gasteiger partial charge in [-0.05, 0) is 24.6 Å². The zero-order valence-corrected chi connectivity index (χ0v) is 11.0. The van der Waals surface area contributed by atoms with Crippen LogP contribution in [0, 0.1) is 17.0 Å². The van der Waals surface area contributed by atoms with Crippen LogP contribution in [-0.4, -0.2) is 16.1 Å². The van der Waals surface area contributed by atoms with Gasteiger partial charge in [-0.25, -0.2) is 0 Å². The fourth-order valence-corrected chi connectivity index (χ4v) is 1.78. The number of nitrogens with zero attached hydrogens (tertiary/aromatic N) is 2. The largest absolute Gasteiger partial charge is 0.485 e. The summed E-state index contributed by atoms with van der Waals surface area (Å²) < 4.78 is 6.89. The van der Waals surface area contributed by atoms with Crippen molar-refractivity contribution < 1.29 is 9.66 Å². The summed E-state index contributed by atoms with van der Waals surface area (Å²) in [4.78, 5) is 22.0. The molecule has 2 rings (SSSR count). The molecule has 0 amide bonds. The third kappa shape index (κ3) is 3.23. The number of nitro benzene ring substituents is 1. The van der Waals surface area contributed by atoms with Gasteiger partial charge in [0.05, 0.1) is 11.5 Å². The van der Waals surface area contributed by atoms with Crippen molar-refractivity contribution in [1.29, 1.82) is 0 Å². The maximum atomic E-state index is 11.7. The van der Waals surface area contributed by atoms with E-state index in [1.165, 1.54) is 22.8 Å². The summed E-state index contributed by atoms with van der Waals surface area (Å²) in [5, 5.41) is 10.8. The minimum Gasteiger partial charge on any atom is -0.485 e. The van der Waals surface area contributed by atoms with Crippen LogP contribution in [0.2, 0.25) is 0 Å². The average molecular weight is 274 g/mol. The zero-order valence-electron chi connectivity index (χ0n) is 11.0. The number of ether oxygens (including phenoxy) is 1. The van der Waals surface area contributed by atoms with E-state index >= 15 is 0 Å². The Morgan fingerprint density at radius 2 is 2.05 bits per heavy atom. The minimum absolute atomic E-state index is 0.0799. The number of nitro groups is 1. The van der Waals surface area contributed by atoms with E-state index in [9.17, 15) is 14.9 Å². The molecule has 1 heterocycles. The van der Waals surface area contributed by atoms with Crippen LogP contribution in [0.25, 0.3) is 0 Å². The van der Waals surface area contributed by atoms with Crippen molar-refractivity contribution in [1.82, 2.24) is 4.57 Å². The number of pyridine rings is 1. The molecule has 20 heavy (non-hydrogen) atoms. The third-order valence-corrected chi connectivity index (χ3v) is 2.80. The second-order valence-corrected chi connectivity index (χ2v) is 4.31. The van der Waals surface area contributed by atoms with Crippen molar-refractivity contribution in [2.45, 2.75) is 13.5 Å². The number of rotatable bonds is 5. The number of para-hydroxylation sites is 2. The smallest absolute Gasteiger partial charge is 0.310 e. The van der Waals surface area contributed by atoms with Gasteiger partial charge in [0.2, 0.25) is 0 Å². The first-order valence-corrected chi connectivity index (χ1v) is 6.11. The fraction of sp³-hybridized carbons (Fsp3) is 0.214. The SMILES string of the molecule is Cc1ccn(CCOc2ccccc2[N+](=O)[O-])c(=O)c1. The molecule has 1 aromatic heterocycles. The average Bonchev–Trinajstić information content (AvgIpc) is 2.41. The van der Waals surface area contributed by atoms with E-state index in [2.05, 4.69) is 0 Å². The zero-order chi connectivity index (χ0) is 14.5. The molecule has 6 heteroatoms. The Morgan fingerprint density at radius 1 is 1.30 bits per heavy atom.